The van der Waals surface area contributed by atoms with Gasteiger partial charge >= 0.3 is 5.97 Å². The lowest BCUT2D eigenvalue weighted by Crippen LogP contribution is -2.53. The zero-order valence-corrected chi connectivity index (χ0v) is 20.0. The normalized spacial score (nSPS) is 25.0. The molecule has 0 radical (unpaired) electrons. The quantitative estimate of drug-likeness (QED) is 0.607. The van der Waals surface area contributed by atoms with Crippen molar-refractivity contribution in [1.82, 2.24) is 20.5 Å². The molecule has 0 amide bonds. The summed E-state index contributed by atoms with van der Waals surface area (Å²) in [5.74, 6) is -0.212. The molecule has 34 heavy (non-hydrogen) atoms. The molecule has 2 aromatic rings. The number of amidine groups is 1. The van der Waals surface area contributed by atoms with E-state index in [1.54, 1.807) is 26.1 Å². The largest absolute Gasteiger partial charge is 0.463 e. The lowest BCUT2D eigenvalue weighted by atomic mass is 9.92. The predicted octanol–water partition coefficient (Wildman–Crippen LogP) is 2.17. The molecule has 0 aliphatic carbocycles. The SMILES string of the molecule is CCOC(=O)C1=C(CN2CCO[C@H]3CNC[C@H]32)NC(c2nccs2)=N[C@H]1c1cccc(F)c1C. The van der Waals surface area contributed by atoms with Crippen molar-refractivity contribution in [1.29, 1.82) is 0 Å². The highest BCUT2D eigenvalue weighted by atomic mass is 32.1. The molecule has 1 aromatic carbocycles. The van der Waals surface area contributed by atoms with Crippen LogP contribution in [-0.4, -0.2) is 73.2 Å². The molecule has 0 saturated carbocycles. The van der Waals surface area contributed by atoms with E-state index >= 15 is 0 Å². The molecule has 0 unspecified atom stereocenters. The molecule has 2 saturated heterocycles. The van der Waals surface area contributed by atoms with Crippen molar-refractivity contribution in [3.63, 3.8) is 0 Å². The Morgan fingerprint density at radius 2 is 2.26 bits per heavy atom. The first-order chi connectivity index (χ1) is 16.6. The topological polar surface area (TPSA) is 88.1 Å². The second-order valence-electron chi connectivity index (χ2n) is 8.51. The Morgan fingerprint density at radius 3 is 3.06 bits per heavy atom. The number of morpholine rings is 1. The Labute approximate surface area is 201 Å². The lowest BCUT2D eigenvalue weighted by Gasteiger charge is -2.38. The van der Waals surface area contributed by atoms with Crippen LogP contribution in [0.1, 0.15) is 29.1 Å². The summed E-state index contributed by atoms with van der Waals surface area (Å²) in [7, 11) is 0. The number of hydrogen-bond acceptors (Lipinski definition) is 9. The van der Waals surface area contributed by atoms with Crippen molar-refractivity contribution in [2.45, 2.75) is 32.0 Å². The van der Waals surface area contributed by atoms with Gasteiger partial charge in [0.15, 0.2) is 10.8 Å². The third kappa shape index (κ3) is 4.38. The Bertz CT molecular complexity index is 1120. The van der Waals surface area contributed by atoms with E-state index in [0.717, 1.165) is 19.6 Å². The van der Waals surface area contributed by atoms with Crippen LogP contribution in [0.3, 0.4) is 0 Å². The molecule has 10 heteroatoms. The number of fused-ring (bicyclic) bond motifs is 1. The van der Waals surface area contributed by atoms with Gasteiger partial charge in [-0.2, -0.15) is 0 Å². The maximum atomic E-state index is 14.6. The number of ether oxygens (including phenoxy) is 2. The fourth-order valence-corrected chi connectivity index (χ4v) is 5.41. The molecule has 0 spiro atoms. The first kappa shape index (κ1) is 23.1. The third-order valence-corrected chi connectivity index (χ3v) is 7.31. The van der Waals surface area contributed by atoms with Gasteiger partial charge in [-0.25, -0.2) is 14.2 Å². The Morgan fingerprint density at radius 1 is 1.38 bits per heavy atom. The van der Waals surface area contributed by atoms with E-state index < -0.39 is 12.0 Å². The number of carbonyl (C=O) groups excluding carboxylic acids is 1. The standard InChI is InChI=1S/C24H28FN5O3S/c1-3-32-24(31)20-17(13-30-8-9-33-19-12-26-11-18(19)30)28-22(23-27-7-10-34-23)29-21(20)15-5-4-6-16(25)14(15)2/h4-7,10,18-19,21,26H,3,8-9,11-13H2,1-2H3,(H,28,29)/t18-,19+,21+/m1/s1. The number of rotatable bonds is 6. The highest BCUT2D eigenvalue weighted by Crippen LogP contribution is 2.35. The van der Waals surface area contributed by atoms with Crippen LogP contribution < -0.4 is 10.6 Å². The summed E-state index contributed by atoms with van der Waals surface area (Å²) in [4.78, 5) is 24.9. The number of benzene rings is 1. The second-order valence-corrected chi connectivity index (χ2v) is 9.41. The summed E-state index contributed by atoms with van der Waals surface area (Å²) in [6.45, 7) is 7.24. The minimum Gasteiger partial charge on any atom is -0.463 e. The van der Waals surface area contributed by atoms with Crippen LogP contribution in [-0.2, 0) is 14.3 Å². The van der Waals surface area contributed by atoms with Crippen molar-refractivity contribution < 1.29 is 18.7 Å². The van der Waals surface area contributed by atoms with Crippen LogP contribution in [0.4, 0.5) is 4.39 Å². The summed E-state index contributed by atoms with van der Waals surface area (Å²) in [6, 6.07) is 4.39. The number of nitrogens with one attached hydrogen (secondary N) is 2. The maximum absolute atomic E-state index is 14.6. The van der Waals surface area contributed by atoms with Crippen LogP contribution in [0.2, 0.25) is 0 Å². The summed E-state index contributed by atoms with van der Waals surface area (Å²) in [5, 5.41) is 9.37. The van der Waals surface area contributed by atoms with Crippen LogP contribution in [0, 0.1) is 12.7 Å². The third-order valence-electron chi connectivity index (χ3n) is 6.53. The van der Waals surface area contributed by atoms with E-state index in [-0.39, 0.29) is 24.6 Å². The fraction of sp³-hybridized carbons (Fsp3) is 0.458. The number of esters is 1. The smallest absolute Gasteiger partial charge is 0.338 e. The molecule has 1 aromatic heterocycles. The molecule has 5 rings (SSSR count). The summed E-state index contributed by atoms with van der Waals surface area (Å²) in [5.41, 5.74) is 2.22. The lowest BCUT2D eigenvalue weighted by molar-refractivity contribution is -0.139. The van der Waals surface area contributed by atoms with Gasteiger partial charge < -0.3 is 20.1 Å². The minimum atomic E-state index is -0.705. The number of aliphatic imine (C=N–C) groups is 1. The number of nitrogens with zero attached hydrogens (tertiary/aromatic N) is 3. The van der Waals surface area contributed by atoms with E-state index in [0.29, 0.717) is 46.4 Å². The van der Waals surface area contributed by atoms with Crippen molar-refractivity contribution in [2.75, 3.05) is 39.4 Å². The minimum absolute atomic E-state index is 0.123. The molecule has 0 bridgehead atoms. The van der Waals surface area contributed by atoms with Crippen LogP contribution in [0.5, 0.6) is 0 Å². The van der Waals surface area contributed by atoms with Gasteiger partial charge in [-0.15, -0.1) is 11.3 Å². The molecule has 3 aliphatic rings. The van der Waals surface area contributed by atoms with E-state index in [2.05, 4.69) is 20.5 Å². The van der Waals surface area contributed by atoms with Gasteiger partial charge in [0, 0.05) is 43.5 Å². The molecule has 2 fully saturated rings. The maximum Gasteiger partial charge on any atom is 0.338 e. The first-order valence-electron chi connectivity index (χ1n) is 11.5. The summed E-state index contributed by atoms with van der Waals surface area (Å²) >= 11 is 1.46. The summed E-state index contributed by atoms with van der Waals surface area (Å²) in [6.07, 6.45) is 1.84. The summed E-state index contributed by atoms with van der Waals surface area (Å²) < 4.78 is 26.0. The monoisotopic (exact) mass is 485 g/mol. The van der Waals surface area contributed by atoms with Crippen LogP contribution in [0.25, 0.3) is 0 Å². The van der Waals surface area contributed by atoms with Gasteiger partial charge in [0.25, 0.3) is 0 Å². The highest BCUT2D eigenvalue weighted by molar-refractivity contribution is 7.11. The zero-order chi connectivity index (χ0) is 23.7. The second kappa shape index (κ2) is 9.91. The average Bonchev–Trinajstić information content (AvgIpc) is 3.53. The molecule has 180 valence electrons. The van der Waals surface area contributed by atoms with Gasteiger partial charge in [0.05, 0.1) is 30.9 Å². The van der Waals surface area contributed by atoms with Gasteiger partial charge in [0.1, 0.15) is 11.9 Å². The molecule has 4 heterocycles. The van der Waals surface area contributed by atoms with Gasteiger partial charge in [-0.1, -0.05) is 12.1 Å². The number of hydrogen-bond donors (Lipinski definition) is 2. The van der Waals surface area contributed by atoms with E-state index in [1.807, 2.05) is 11.4 Å². The zero-order valence-electron chi connectivity index (χ0n) is 19.2. The number of aromatic nitrogens is 1. The Hall–Kier alpha value is -2.66. The first-order valence-corrected chi connectivity index (χ1v) is 12.4. The van der Waals surface area contributed by atoms with E-state index in [9.17, 15) is 9.18 Å². The van der Waals surface area contributed by atoms with E-state index in [4.69, 9.17) is 14.5 Å². The van der Waals surface area contributed by atoms with Crippen LogP contribution in [0.15, 0.2) is 46.0 Å². The van der Waals surface area contributed by atoms with Gasteiger partial charge in [-0.05, 0) is 31.0 Å². The Balaban J connectivity index is 1.60. The molecular formula is C24H28FN5O3S. The van der Waals surface area contributed by atoms with Crippen molar-refractivity contribution >= 4 is 23.1 Å². The molecule has 3 atom stereocenters. The predicted molar refractivity (Wildman–Crippen MR) is 127 cm³/mol. The molecule has 2 N–H and O–H groups in total. The number of thiazole rings is 1. The van der Waals surface area contributed by atoms with Gasteiger partial charge in [-0.3, -0.25) is 9.89 Å². The number of carbonyl (C=O) groups is 1. The number of halogens is 1. The van der Waals surface area contributed by atoms with Gasteiger partial charge in [0.2, 0.25) is 0 Å². The van der Waals surface area contributed by atoms with Crippen LogP contribution >= 0.6 is 11.3 Å². The Kier molecular flexibility index (Phi) is 6.73. The van der Waals surface area contributed by atoms with Crippen molar-refractivity contribution in [3.8, 4) is 0 Å². The van der Waals surface area contributed by atoms with Crippen molar-refractivity contribution in [2.24, 2.45) is 4.99 Å². The average molecular weight is 486 g/mol. The van der Waals surface area contributed by atoms with Crippen molar-refractivity contribution in [3.05, 3.63) is 63.0 Å². The molecular weight excluding hydrogens is 457 g/mol. The fourth-order valence-electron chi connectivity index (χ4n) is 4.83. The molecule has 8 nitrogen and oxygen atoms in total. The highest BCUT2D eigenvalue weighted by Gasteiger charge is 2.39. The van der Waals surface area contributed by atoms with E-state index in [1.165, 1.54) is 17.4 Å². The molecule has 3 aliphatic heterocycles.